The summed E-state index contributed by atoms with van der Waals surface area (Å²) in [4.78, 5) is 38.1. The highest BCUT2D eigenvalue weighted by Crippen LogP contribution is 2.15. The predicted octanol–water partition coefficient (Wildman–Crippen LogP) is 18.4. The highest BCUT2D eigenvalue weighted by atomic mass is 16.6. The SMILES string of the molecule is CC/C=C\C/C=C\C/C=C\CCCCCCCC(=O)OCC(COC(=O)CCCCCCC/C=C\CCCCCCCCC)OC(=O)CCCCCCC/C=C\CCCCCCCCC. The maximum Gasteiger partial charge on any atom is 0.306 e. The molecule has 0 aromatic rings. The Balaban J connectivity index is 4.42. The van der Waals surface area contributed by atoms with E-state index in [0.717, 1.165) is 116 Å². The lowest BCUT2D eigenvalue weighted by Gasteiger charge is -2.18. The van der Waals surface area contributed by atoms with Crippen LogP contribution in [0.4, 0.5) is 0 Å². The van der Waals surface area contributed by atoms with Crippen LogP contribution in [0.5, 0.6) is 0 Å². The number of unbranched alkanes of at least 4 members (excludes halogenated alkanes) is 29. The van der Waals surface area contributed by atoms with E-state index in [0.29, 0.717) is 19.3 Å². The van der Waals surface area contributed by atoms with E-state index in [-0.39, 0.29) is 31.1 Å². The second-order valence-electron chi connectivity index (χ2n) is 18.5. The molecule has 0 aromatic heterocycles. The third-order valence-electron chi connectivity index (χ3n) is 12.0. The number of carbonyl (C=O) groups excluding carboxylic acids is 3. The minimum atomic E-state index is -0.788. The fourth-order valence-electron chi connectivity index (χ4n) is 7.80. The van der Waals surface area contributed by atoms with Gasteiger partial charge in [0.1, 0.15) is 13.2 Å². The molecule has 0 fully saturated rings. The van der Waals surface area contributed by atoms with E-state index >= 15 is 0 Å². The summed E-state index contributed by atoms with van der Waals surface area (Å²) in [6.07, 6.45) is 66.3. The molecule has 0 aliphatic heterocycles. The van der Waals surface area contributed by atoms with Gasteiger partial charge in [-0.1, -0.05) is 216 Å². The molecular weight excluding hydrogens is 805 g/mol. The van der Waals surface area contributed by atoms with Gasteiger partial charge in [0, 0.05) is 19.3 Å². The van der Waals surface area contributed by atoms with Gasteiger partial charge in [0.05, 0.1) is 0 Å². The average molecular weight is 909 g/mol. The molecule has 0 saturated heterocycles. The summed E-state index contributed by atoms with van der Waals surface area (Å²) < 4.78 is 16.8. The van der Waals surface area contributed by atoms with E-state index in [9.17, 15) is 14.4 Å². The standard InChI is InChI=1S/C59H104O6/c1-4-7-10-13-16-19-22-25-28-31-34-37-40-43-46-49-52-58(61)64-55-56(54-63-57(60)51-48-45-42-39-36-33-30-27-24-21-18-15-12-9-6-3)65-59(62)53-50-47-44-41-38-35-32-29-26-23-20-17-14-11-8-5-2/h9,12,18,21,27-32,56H,4-8,10-11,13-17,19-20,22-26,33-55H2,1-3H3/b12-9-,21-18-,30-27-,31-28-,32-29-. The van der Waals surface area contributed by atoms with Crippen molar-refractivity contribution in [3.63, 3.8) is 0 Å². The summed E-state index contributed by atoms with van der Waals surface area (Å²) in [6, 6.07) is 0. The number of rotatable bonds is 50. The molecular formula is C59H104O6. The second-order valence-corrected chi connectivity index (χ2v) is 18.5. The Morgan fingerprint density at radius 1 is 0.323 bits per heavy atom. The van der Waals surface area contributed by atoms with Crippen LogP contribution in [-0.2, 0) is 28.6 Å². The van der Waals surface area contributed by atoms with E-state index in [4.69, 9.17) is 14.2 Å². The van der Waals surface area contributed by atoms with E-state index in [2.05, 4.69) is 81.5 Å². The molecule has 0 radical (unpaired) electrons. The smallest absolute Gasteiger partial charge is 0.306 e. The number of esters is 3. The Morgan fingerprint density at radius 2 is 0.600 bits per heavy atom. The van der Waals surface area contributed by atoms with Gasteiger partial charge in [-0.25, -0.2) is 0 Å². The average Bonchev–Trinajstić information content (AvgIpc) is 3.30. The molecule has 6 nitrogen and oxygen atoms in total. The number of hydrogen-bond acceptors (Lipinski definition) is 6. The predicted molar refractivity (Wildman–Crippen MR) is 279 cm³/mol. The van der Waals surface area contributed by atoms with Crippen molar-refractivity contribution in [2.45, 2.75) is 284 Å². The summed E-state index contributed by atoms with van der Waals surface area (Å²) in [5, 5.41) is 0. The summed E-state index contributed by atoms with van der Waals surface area (Å²) in [6.45, 7) is 6.51. The number of ether oxygens (including phenoxy) is 3. The van der Waals surface area contributed by atoms with Crippen LogP contribution in [-0.4, -0.2) is 37.2 Å². The van der Waals surface area contributed by atoms with Crippen LogP contribution in [0.15, 0.2) is 60.8 Å². The third kappa shape index (κ3) is 51.9. The van der Waals surface area contributed by atoms with Crippen molar-refractivity contribution in [2.75, 3.05) is 13.2 Å². The van der Waals surface area contributed by atoms with E-state index in [1.165, 1.54) is 122 Å². The molecule has 65 heavy (non-hydrogen) atoms. The van der Waals surface area contributed by atoms with Crippen LogP contribution < -0.4 is 0 Å². The molecule has 0 heterocycles. The molecule has 0 amide bonds. The van der Waals surface area contributed by atoms with Gasteiger partial charge in [0.25, 0.3) is 0 Å². The first-order valence-electron chi connectivity index (χ1n) is 27.8. The molecule has 6 heteroatoms. The van der Waals surface area contributed by atoms with Gasteiger partial charge >= 0.3 is 17.9 Å². The van der Waals surface area contributed by atoms with Crippen LogP contribution in [0.1, 0.15) is 278 Å². The highest BCUT2D eigenvalue weighted by molar-refractivity contribution is 5.71. The van der Waals surface area contributed by atoms with Gasteiger partial charge in [-0.3, -0.25) is 14.4 Å². The molecule has 0 aliphatic rings. The molecule has 0 aromatic carbocycles. The summed E-state index contributed by atoms with van der Waals surface area (Å²) >= 11 is 0. The first kappa shape index (κ1) is 62.1. The lowest BCUT2D eigenvalue weighted by Crippen LogP contribution is -2.30. The zero-order chi connectivity index (χ0) is 47.2. The lowest BCUT2D eigenvalue weighted by atomic mass is 10.1. The van der Waals surface area contributed by atoms with Gasteiger partial charge < -0.3 is 14.2 Å². The first-order chi connectivity index (χ1) is 32.0. The van der Waals surface area contributed by atoms with E-state index in [1.807, 2.05) is 0 Å². The third-order valence-corrected chi connectivity index (χ3v) is 12.0. The lowest BCUT2D eigenvalue weighted by molar-refractivity contribution is -0.167. The minimum absolute atomic E-state index is 0.0867. The normalized spacial score (nSPS) is 12.5. The van der Waals surface area contributed by atoms with E-state index < -0.39 is 6.10 Å². The zero-order valence-corrected chi connectivity index (χ0v) is 43.0. The van der Waals surface area contributed by atoms with Crippen molar-refractivity contribution in [1.82, 2.24) is 0 Å². The van der Waals surface area contributed by atoms with Gasteiger partial charge in [-0.2, -0.15) is 0 Å². The minimum Gasteiger partial charge on any atom is -0.462 e. The van der Waals surface area contributed by atoms with Crippen LogP contribution in [0.25, 0.3) is 0 Å². The number of allylic oxidation sites excluding steroid dienone is 10. The van der Waals surface area contributed by atoms with Crippen molar-refractivity contribution in [3.8, 4) is 0 Å². The van der Waals surface area contributed by atoms with Crippen molar-refractivity contribution in [2.24, 2.45) is 0 Å². The molecule has 0 rings (SSSR count). The van der Waals surface area contributed by atoms with Gasteiger partial charge in [0.2, 0.25) is 0 Å². The van der Waals surface area contributed by atoms with Gasteiger partial charge in [-0.15, -0.1) is 0 Å². The van der Waals surface area contributed by atoms with Crippen molar-refractivity contribution in [3.05, 3.63) is 60.8 Å². The Kier molecular flexibility index (Phi) is 51.3. The summed E-state index contributed by atoms with van der Waals surface area (Å²) in [7, 11) is 0. The zero-order valence-electron chi connectivity index (χ0n) is 43.0. The molecule has 376 valence electrons. The van der Waals surface area contributed by atoms with Gasteiger partial charge in [0.15, 0.2) is 6.10 Å². The van der Waals surface area contributed by atoms with Crippen LogP contribution in [0.2, 0.25) is 0 Å². The molecule has 1 unspecified atom stereocenters. The van der Waals surface area contributed by atoms with Crippen molar-refractivity contribution >= 4 is 17.9 Å². The van der Waals surface area contributed by atoms with Crippen LogP contribution in [0, 0.1) is 0 Å². The second kappa shape index (κ2) is 53.7. The van der Waals surface area contributed by atoms with Crippen molar-refractivity contribution < 1.29 is 28.6 Å². The maximum atomic E-state index is 12.8. The fourth-order valence-corrected chi connectivity index (χ4v) is 7.80. The number of hydrogen-bond donors (Lipinski definition) is 0. The Hall–Kier alpha value is -2.89. The molecule has 0 aliphatic carbocycles. The van der Waals surface area contributed by atoms with E-state index in [1.54, 1.807) is 0 Å². The largest absolute Gasteiger partial charge is 0.462 e. The monoisotopic (exact) mass is 909 g/mol. The molecule has 0 bridgehead atoms. The Labute approximate surface area is 402 Å². The Morgan fingerprint density at radius 3 is 0.954 bits per heavy atom. The fraction of sp³-hybridized carbons (Fsp3) is 0.780. The first-order valence-corrected chi connectivity index (χ1v) is 27.8. The maximum absolute atomic E-state index is 12.8. The summed E-state index contributed by atoms with van der Waals surface area (Å²) in [5.41, 5.74) is 0. The Bertz CT molecular complexity index is 1180. The van der Waals surface area contributed by atoms with Crippen LogP contribution in [0.3, 0.4) is 0 Å². The molecule has 1 atom stereocenters. The molecule has 0 N–H and O–H groups in total. The van der Waals surface area contributed by atoms with Crippen molar-refractivity contribution in [1.29, 1.82) is 0 Å². The quantitative estimate of drug-likeness (QED) is 0.0262. The molecule has 0 spiro atoms. The number of carbonyl (C=O) groups is 3. The molecule has 0 saturated carbocycles. The highest BCUT2D eigenvalue weighted by Gasteiger charge is 2.19. The topological polar surface area (TPSA) is 78.9 Å². The summed E-state index contributed by atoms with van der Waals surface area (Å²) in [5.74, 6) is -0.912. The van der Waals surface area contributed by atoms with Crippen LogP contribution >= 0.6 is 0 Å². The van der Waals surface area contributed by atoms with Gasteiger partial charge in [-0.05, 0) is 103 Å².